The molecule has 0 aliphatic rings. The summed E-state index contributed by atoms with van der Waals surface area (Å²) in [4.78, 5) is 35.4. The Morgan fingerprint density at radius 1 is 1.28 bits per heavy atom. The lowest BCUT2D eigenvalue weighted by Gasteiger charge is -2.22. The fourth-order valence-electron chi connectivity index (χ4n) is 2.17. The lowest BCUT2D eigenvalue weighted by Crippen LogP contribution is -2.34. The summed E-state index contributed by atoms with van der Waals surface area (Å²) >= 11 is 0. The van der Waals surface area contributed by atoms with Crippen LogP contribution in [0.3, 0.4) is 0 Å². The number of hydrogen-bond donors (Lipinski definition) is 0. The quantitative estimate of drug-likeness (QED) is 0.214. The molecule has 0 spiro atoms. The van der Waals surface area contributed by atoms with Crippen molar-refractivity contribution in [3.8, 4) is 0 Å². The van der Waals surface area contributed by atoms with E-state index in [0.29, 0.717) is 25.1 Å². The highest BCUT2D eigenvalue weighted by Gasteiger charge is 2.17. The number of rotatable bonds is 10. The van der Waals surface area contributed by atoms with Crippen LogP contribution in [0.4, 0.5) is 5.69 Å². The van der Waals surface area contributed by atoms with Crippen LogP contribution in [0, 0.1) is 10.1 Å². The van der Waals surface area contributed by atoms with Gasteiger partial charge in [0.1, 0.15) is 0 Å². The van der Waals surface area contributed by atoms with E-state index >= 15 is 0 Å². The van der Waals surface area contributed by atoms with Crippen molar-refractivity contribution in [2.75, 3.05) is 20.2 Å². The maximum Gasteiger partial charge on any atom is 0.305 e. The topological polar surface area (TPSA) is 89.8 Å². The van der Waals surface area contributed by atoms with E-state index in [0.717, 1.165) is 5.56 Å². The van der Waals surface area contributed by atoms with E-state index in [9.17, 15) is 19.7 Å². The number of amides is 1. The Labute approximate surface area is 146 Å². The zero-order valence-electron chi connectivity index (χ0n) is 14.3. The van der Waals surface area contributed by atoms with Crippen molar-refractivity contribution in [3.63, 3.8) is 0 Å². The summed E-state index contributed by atoms with van der Waals surface area (Å²) in [5.74, 6) is -0.638. The summed E-state index contributed by atoms with van der Waals surface area (Å²) < 4.78 is 4.55. The number of benzene rings is 1. The second-order valence-corrected chi connectivity index (χ2v) is 5.39. The average Bonchev–Trinajstić information content (AvgIpc) is 2.62. The monoisotopic (exact) mass is 346 g/mol. The van der Waals surface area contributed by atoms with Crippen LogP contribution >= 0.6 is 0 Å². The molecule has 7 nitrogen and oxygen atoms in total. The van der Waals surface area contributed by atoms with Crippen LogP contribution in [0.2, 0.25) is 0 Å². The molecule has 0 aromatic heterocycles. The first-order chi connectivity index (χ1) is 11.9. The number of carbonyl (C=O) groups excluding carboxylic acids is 2. The Kier molecular flexibility index (Phi) is 8.05. The molecule has 0 atom stereocenters. The minimum absolute atomic E-state index is 0.0268. The first-order valence-corrected chi connectivity index (χ1v) is 7.77. The SMILES string of the molecule is C=CCN(CCc1ccc([N+](=O)[O-])cc1)C(=O)C(=C)CCC(=O)OC. The first-order valence-electron chi connectivity index (χ1n) is 7.77. The summed E-state index contributed by atoms with van der Waals surface area (Å²) in [5, 5.41) is 10.7. The lowest BCUT2D eigenvalue weighted by atomic mass is 10.1. The largest absolute Gasteiger partial charge is 0.469 e. The number of esters is 1. The normalized spacial score (nSPS) is 9.96. The number of hydrogen-bond acceptors (Lipinski definition) is 5. The molecule has 25 heavy (non-hydrogen) atoms. The molecule has 0 bridgehead atoms. The molecule has 1 rings (SSSR count). The van der Waals surface area contributed by atoms with E-state index in [1.54, 1.807) is 23.1 Å². The van der Waals surface area contributed by atoms with E-state index in [1.165, 1.54) is 19.2 Å². The number of nitro groups is 1. The number of carbonyl (C=O) groups is 2. The maximum absolute atomic E-state index is 12.4. The van der Waals surface area contributed by atoms with Crippen molar-refractivity contribution in [2.45, 2.75) is 19.3 Å². The fourth-order valence-corrected chi connectivity index (χ4v) is 2.17. The summed E-state index contributed by atoms with van der Waals surface area (Å²) in [7, 11) is 1.29. The van der Waals surface area contributed by atoms with Crippen LogP contribution in [0.15, 0.2) is 49.1 Å². The molecule has 0 aliphatic carbocycles. The van der Waals surface area contributed by atoms with Gasteiger partial charge in [0.25, 0.3) is 5.69 Å². The van der Waals surface area contributed by atoms with Crippen LogP contribution in [0.1, 0.15) is 18.4 Å². The summed E-state index contributed by atoms with van der Waals surface area (Å²) in [6, 6.07) is 6.20. The van der Waals surface area contributed by atoms with Crippen LogP contribution in [-0.2, 0) is 20.7 Å². The van der Waals surface area contributed by atoms with Gasteiger partial charge in [0.2, 0.25) is 5.91 Å². The molecular weight excluding hydrogens is 324 g/mol. The van der Waals surface area contributed by atoms with Crippen molar-refractivity contribution in [1.29, 1.82) is 0 Å². The van der Waals surface area contributed by atoms with Crippen LogP contribution in [-0.4, -0.2) is 41.9 Å². The van der Waals surface area contributed by atoms with Gasteiger partial charge in [-0.25, -0.2) is 0 Å². The molecule has 7 heteroatoms. The third-order valence-electron chi connectivity index (χ3n) is 3.62. The summed E-state index contributed by atoms with van der Waals surface area (Å²) in [5.41, 5.74) is 1.24. The molecule has 0 N–H and O–H groups in total. The Bertz CT molecular complexity index is 652. The van der Waals surface area contributed by atoms with E-state index in [4.69, 9.17) is 0 Å². The van der Waals surface area contributed by atoms with Gasteiger partial charge in [-0.05, 0) is 18.4 Å². The molecule has 0 unspecified atom stereocenters. The van der Waals surface area contributed by atoms with Crippen molar-refractivity contribution >= 4 is 17.6 Å². The molecular formula is C18H22N2O5. The van der Waals surface area contributed by atoms with E-state index < -0.39 is 10.9 Å². The van der Waals surface area contributed by atoms with Crippen molar-refractivity contribution in [2.24, 2.45) is 0 Å². The van der Waals surface area contributed by atoms with Gasteiger partial charge in [-0.15, -0.1) is 6.58 Å². The van der Waals surface area contributed by atoms with Gasteiger partial charge in [-0.1, -0.05) is 24.8 Å². The van der Waals surface area contributed by atoms with Crippen molar-refractivity contribution in [3.05, 3.63) is 64.8 Å². The average molecular weight is 346 g/mol. The number of non-ortho nitro benzene ring substituents is 1. The highest BCUT2D eigenvalue weighted by Crippen LogP contribution is 2.14. The zero-order valence-corrected chi connectivity index (χ0v) is 14.3. The Hall–Kier alpha value is -2.96. The van der Waals surface area contributed by atoms with Crippen LogP contribution in [0.5, 0.6) is 0 Å². The highest BCUT2D eigenvalue weighted by atomic mass is 16.6. The Morgan fingerprint density at radius 3 is 2.44 bits per heavy atom. The Balaban J connectivity index is 2.64. The maximum atomic E-state index is 12.4. The second-order valence-electron chi connectivity index (χ2n) is 5.39. The van der Waals surface area contributed by atoms with E-state index in [2.05, 4.69) is 17.9 Å². The second kappa shape index (κ2) is 10.0. The molecule has 0 aliphatic heterocycles. The van der Waals surface area contributed by atoms with Crippen LogP contribution in [0.25, 0.3) is 0 Å². The zero-order chi connectivity index (χ0) is 18.8. The molecule has 0 heterocycles. The first kappa shape index (κ1) is 20.1. The van der Waals surface area contributed by atoms with E-state index in [-0.39, 0.29) is 24.4 Å². The van der Waals surface area contributed by atoms with Gasteiger partial charge in [-0.2, -0.15) is 0 Å². The summed E-state index contributed by atoms with van der Waals surface area (Å²) in [6.07, 6.45) is 2.49. The lowest BCUT2D eigenvalue weighted by molar-refractivity contribution is -0.384. The number of ether oxygens (including phenoxy) is 1. The van der Waals surface area contributed by atoms with Gasteiger partial charge in [0.05, 0.1) is 12.0 Å². The number of nitro benzene ring substituents is 1. The predicted molar refractivity (Wildman–Crippen MR) is 94.0 cm³/mol. The number of nitrogens with zero attached hydrogens (tertiary/aromatic N) is 2. The third kappa shape index (κ3) is 6.58. The molecule has 0 radical (unpaired) electrons. The van der Waals surface area contributed by atoms with Crippen LogP contribution < -0.4 is 0 Å². The minimum Gasteiger partial charge on any atom is -0.469 e. The molecule has 1 amide bonds. The van der Waals surface area contributed by atoms with Gasteiger partial charge in [-0.3, -0.25) is 19.7 Å². The molecule has 0 fully saturated rings. The standard InChI is InChI=1S/C18H22N2O5/c1-4-12-19(18(22)14(2)5-10-17(21)25-3)13-11-15-6-8-16(9-7-15)20(23)24/h4,6-9H,1-2,5,10-13H2,3H3. The van der Waals surface area contributed by atoms with Gasteiger partial charge in [0, 0.05) is 37.2 Å². The van der Waals surface area contributed by atoms with Gasteiger partial charge < -0.3 is 9.64 Å². The Morgan fingerprint density at radius 2 is 1.92 bits per heavy atom. The molecule has 134 valence electrons. The predicted octanol–water partition coefficient (Wildman–Crippen LogP) is 2.66. The van der Waals surface area contributed by atoms with Crippen molar-refractivity contribution in [1.82, 2.24) is 4.90 Å². The molecule has 0 saturated heterocycles. The van der Waals surface area contributed by atoms with E-state index in [1.807, 2.05) is 0 Å². The number of methoxy groups -OCH3 is 1. The fraction of sp³-hybridized carbons (Fsp3) is 0.333. The van der Waals surface area contributed by atoms with Gasteiger partial charge >= 0.3 is 5.97 Å². The third-order valence-corrected chi connectivity index (χ3v) is 3.62. The van der Waals surface area contributed by atoms with Gasteiger partial charge in [0.15, 0.2) is 0 Å². The molecule has 1 aromatic rings. The summed E-state index contributed by atoms with van der Waals surface area (Å²) in [6.45, 7) is 8.15. The minimum atomic E-state index is -0.456. The molecule has 1 aromatic carbocycles. The van der Waals surface area contributed by atoms with Crippen molar-refractivity contribution < 1.29 is 19.2 Å². The highest BCUT2D eigenvalue weighted by molar-refractivity contribution is 5.93. The smallest absolute Gasteiger partial charge is 0.305 e. The molecule has 0 saturated carbocycles.